The van der Waals surface area contributed by atoms with Crippen molar-refractivity contribution in [3.05, 3.63) is 16.1 Å². The quantitative estimate of drug-likeness (QED) is 0.584. The molecule has 1 aromatic rings. The zero-order valence-corrected chi connectivity index (χ0v) is 15.8. The van der Waals surface area contributed by atoms with Gasteiger partial charge in [0.25, 0.3) is 0 Å². The highest BCUT2D eigenvalue weighted by Crippen LogP contribution is 2.17. The van der Waals surface area contributed by atoms with Crippen molar-refractivity contribution in [3.63, 3.8) is 0 Å². The van der Waals surface area contributed by atoms with Crippen LogP contribution in [-0.4, -0.2) is 47.9 Å². The zero-order valence-electron chi connectivity index (χ0n) is 15.0. The molecule has 0 bridgehead atoms. The van der Waals surface area contributed by atoms with E-state index in [-0.39, 0.29) is 5.91 Å². The number of carbonyl (C=O) groups is 1. The Morgan fingerprint density at radius 2 is 2.21 bits per heavy atom. The van der Waals surface area contributed by atoms with Crippen molar-refractivity contribution in [3.8, 4) is 0 Å². The molecule has 1 amide bonds. The smallest absolute Gasteiger partial charge is 0.222 e. The maximum absolute atomic E-state index is 12.0. The van der Waals surface area contributed by atoms with Crippen molar-refractivity contribution in [2.75, 3.05) is 20.1 Å². The lowest BCUT2D eigenvalue weighted by molar-refractivity contribution is -0.121. The van der Waals surface area contributed by atoms with E-state index in [0.717, 1.165) is 36.0 Å². The Labute approximate surface area is 148 Å². The number of aliphatic imine (C=N–C) groups is 1. The van der Waals surface area contributed by atoms with Gasteiger partial charge in [-0.15, -0.1) is 11.3 Å². The number of amides is 1. The predicted molar refractivity (Wildman–Crippen MR) is 99.3 cm³/mol. The molecule has 1 aromatic heterocycles. The largest absolute Gasteiger partial charge is 0.357 e. The van der Waals surface area contributed by atoms with Crippen LogP contribution in [0.3, 0.4) is 0 Å². The first-order chi connectivity index (χ1) is 11.6. The van der Waals surface area contributed by atoms with E-state index in [2.05, 4.69) is 26.0 Å². The number of carbonyl (C=O) groups excluding carboxylic acids is 1. The Hall–Kier alpha value is -1.63. The van der Waals surface area contributed by atoms with Crippen molar-refractivity contribution in [2.24, 2.45) is 4.99 Å². The number of rotatable bonds is 7. The van der Waals surface area contributed by atoms with E-state index < -0.39 is 0 Å². The van der Waals surface area contributed by atoms with E-state index in [1.165, 1.54) is 12.8 Å². The Kier molecular flexibility index (Phi) is 7.49. The molecule has 1 aliphatic rings. The molecule has 6 nitrogen and oxygen atoms in total. The average molecular weight is 352 g/mol. The molecule has 0 aromatic carbocycles. The lowest BCUT2D eigenvalue weighted by atomic mass is 10.2. The normalized spacial score (nSPS) is 15.5. The molecule has 0 radical (unpaired) electrons. The van der Waals surface area contributed by atoms with E-state index in [9.17, 15) is 4.79 Å². The molecule has 1 heterocycles. The standard InChI is InChI=1S/C17H29N5OS/c1-4-18-17(22(3)11-15-12-24-13(2)20-15)19-10-9-16(23)21-14-7-5-6-8-14/h12,14H,4-11H2,1-3H3,(H,18,19)(H,21,23). The first kappa shape index (κ1) is 18.7. The number of aromatic nitrogens is 1. The summed E-state index contributed by atoms with van der Waals surface area (Å²) in [5.74, 6) is 0.927. The summed E-state index contributed by atoms with van der Waals surface area (Å²) < 4.78 is 0. The number of nitrogens with zero attached hydrogens (tertiary/aromatic N) is 3. The van der Waals surface area contributed by atoms with Crippen molar-refractivity contribution >= 4 is 23.2 Å². The molecular weight excluding hydrogens is 322 g/mol. The van der Waals surface area contributed by atoms with Crippen LogP contribution in [0.4, 0.5) is 0 Å². The zero-order chi connectivity index (χ0) is 17.4. The third kappa shape index (κ3) is 6.11. The second-order valence-electron chi connectivity index (χ2n) is 6.25. The molecule has 2 N–H and O–H groups in total. The molecule has 0 spiro atoms. The third-order valence-electron chi connectivity index (χ3n) is 4.08. The van der Waals surface area contributed by atoms with Crippen molar-refractivity contribution in [1.29, 1.82) is 0 Å². The van der Waals surface area contributed by atoms with Crippen LogP contribution in [0.25, 0.3) is 0 Å². The number of aryl methyl sites for hydroxylation is 1. The topological polar surface area (TPSA) is 69.6 Å². The lowest BCUT2D eigenvalue weighted by Crippen LogP contribution is -2.39. The SMILES string of the molecule is CCNC(=NCCC(=O)NC1CCCC1)N(C)Cc1csc(C)n1. The van der Waals surface area contributed by atoms with Crippen molar-refractivity contribution in [1.82, 2.24) is 20.5 Å². The van der Waals surface area contributed by atoms with Gasteiger partial charge in [-0.3, -0.25) is 9.79 Å². The highest BCUT2D eigenvalue weighted by atomic mass is 32.1. The fourth-order valence-corrected chi connectivity index (χ4v) is 3.51. The minimum atomic E-state index is 0.110. The van der Waals surface area contributed by atoms with Gasteiger partial charge in [0.15, 0.2) is 5.96 Å². The first-order valence-electron chi connectivity index (χ1n) is 8.78. The highest BCUT2D eigenvalue weighted by molar-refractivity contribution is 7.09. The van der Waals surface area contributed by atoms with Crippen LogP contribution in [0, 0.1) is 6.92 Å². The predicted octanol–water partition coefficient (Wildman–Crippen LogP) is 2.30. The molecule has 1 fully saturated rings. The summed E-state index contributed by atoms with van der Waals surface area (Å²) in [4.78, 5) is 23.1. The van der Waals surface area contributed by atoms with E-state index in [4.69, 9.17) is 0 Å². The lowest BCUT2D eigenvalue weighted by Gasteiger charge is -2.21. The molecule has 2 rings (SSSR count). The van der Waals surface area contributed by atoms with E-state index >= 15 is 0 Å². The van der Waals surface area contributed by atoms with Crippen LogP contribution in [0.1, 0.15) is 49.7 Å². The van der Waals surface area contributed by atoms with Crippen LogP contribution >= 0.6 is 11.3 Å². The molecule has 7 heteroatoms. The molecule has 0 atom stereocenters. The molecule has 24 heavy (non-hydrogen) atoms. The summed E-state index contributed by atoms with van der Waals surface area (Å²) in [7, 11) is 1.99. The second kappa shape index (κ2) is 9.61. The number of nitrogens with one attached hydrogen (secondary N) is 2. The van der Waals surface area contributed by atoms with Gasteiger partial charge in [-0.05, 0) is 26.7 Å². The maximum atomic E-state index is 12.0. The monoisotopic (exact) mass is 351 g/mol. The third-order valence-corrected chi connectivity index (χ3v) is 4.91. The van der Waals surface area contributed by atoms with Gasteiger partial charge in [-0.25, -0.2) is 4.98 Å². The second-order valence-corrected chi connectivity index (χ2v) is 7.31. The molecule has 1 aliphatic carbocycles. The number of thiazole rings is 1. The van der Waals surface area contributed by atoms with E-state index in [1.54, 1.807) is 11.3 Å². The van der Waals surface area contributed by atoms with Crippen LogP contribution < -0.4 is 10.6 Å². The Balaban J connectivity index is 1.81. The number of guanidine groups is 1. The van der Waals surface area contributed by atoms with Gasteiger partial charge >= 0.3 is 0 Å². The molecule has 0 aliphatic heterocycles. The van der Waals surface area contributed by atoms with Gasteiger partial charge in [0.05, 0.1) is 23.8 Å². The Morgan fingerprint density at radius 3 is 2.83 bits per heavy atom. The molecule has 0 saturated heterocycles. The number of hydrogen-bond donors (Lipinski definition) is 2. The maximum Gasteiger partial charge on any atom is 0.222 e. The molecule has 134 valence electrons. The van der Waals surface area contributed by atoms with Crippen LogP contribution in [-0.2, 0) is 11.3 Å². The van der Waals surface area contributed by atoms with Crippen molar-refractivity contribution < 1.29 is 4.79 Å². The summed E-state index contributed by atoms with van der Waals surface area (Å²) in [6.07, 6.45) is 5.14. The molecule has 0 unspecified atom stereocenters. The van der Waals surface area contributed by atoms with Crippen LogP contribution in [0.5, 0.6) is 0 Å². The van der Waals surface area contributed by atoms with E-state index in [1.807, 2.05) is 25.8 Å². The van der Waals surface area contributed by atoms with Crippen molar-refractivity contribution in [2.45, 2.75) is 58.5 Å². The summed E-state index contributed by atoms with van der Waals surface area (Å²) >= 11 is 1.66. The summed E-state index contributed by atoms with van der Waals surface area (Å²) in [5, 5.41) is 9.53. The van der Waals surface area contributed by atoms with Gasteiger partial charge in [0.2, 0.25) is 5.91 Å². The average Bonchev–Trinajstić information content (AvgIpc) is 3.18. The van der Waals surface area contributed by atoms with Crippen LogP contribution in [0.15, 0.2) is 10.4 Å². The fourth-order valence-electron chi connectivity index (χ4n) is 2.90. The fraction of sp³-hybridized carbons (Fsp3) is 0.706. The van der Waals surface area contributed by atoms with Gasteiger partial charge < -0.3 is 15.5 Å². The van der Waals surface area contributed by atoms with Gasteiger partial charge in [0.1, 0.15) is 0 Å². The highest BCUT2D eigenvalue weighted by Gasteiger charge is 2.16. The van der Waals surface area contributed by atoms with Gasteiger partial charge in [0, 0.05) is 31.4 Å². The Morgan fingerprint density at radius 1 is 1.46 bits per heavy atom. The van der Waals surface area contributed by atoms with Crippen LogP contribution in [0.2, 0.25) is 0 Å². The summed E-state index contributed by atoms with van der Waals surface area (Å²) in [6.45, 7) is 6.07. The Bertz CT molecular complexity index is 551. The summed E-state index contributed by atoms with van der Waals surface area (Å²) in [6, 6.07) is 0.380. The van der Waals surface area contributed by atoms with E-state index in [0.29, 0.717) is 25.6 Å². The molecule has 1 saturated carbocycles. The summed E-state index contributed by atoms with van der Waals surface area (Å²) in [5.41, 5.74) is 1.05. The van der Waals surface area contributed by atoms with Gasteiger partial charge in [-0.1, -0.05) is 12.8 Å². The number of hydrogen-bond acceptors (Lipinski definition) is 4. The minimum absolute atomic E-state index is 0.110. The van der Waals surface area contributed by atoms with Gasteiger partial charge in [-0.2, -0.15) is 0 Å². The first-order valence-corrected chi connectivity index (χ1v) is 9.66. The minimum Gasteiger partial charge on any atom is -0.357 e. The molecular formula is C17H29N5OS.